The summed E-state index contributed by atoms with van der Waals surface area (Å²) in [5.74, 6) is -1.49. The molecule has 0 saturated carbocycles. The average molecular weight is 646 g/mol. The summed E-state index contributed by atoms with van der Waals surface area (Å²) in [4.78, 5) is 33.4. The van der Waals surface area contributed by atoms with Gasteiger partial charge in [-0.25, -0.2) is 4.68 Å². The molecular formula is C31H38F3N7O5. The number of nitrogens with zero attached hydrogens (tertiary/aromatic N) is 5. The van der Waals surface area contributed by atoms with E-state index < -0.39 is 24.3 Å². The molecule has 2 fully saturated rings. The van der Waals surface area contributed by atoms with E-state index in [1.54, 1.807) is 38.2 Å². The van der Waals surface area contributed by atoms with Gasteiger partial charge < -0.3 is 30.5 Å². The number of hydrogen-bond donors (Lipinski definition) is 3. The van der Waals surface area contributed by atoms with Crippen molar-refractivity contribution >= 4 is 23.7 Å². The minimum atomic E-state index is -4.85. The lowest BCUT2D eigenvalue weighted by Crippen LogP contribution is -2.41. The fraction of sp³-hybridized carbons (Fsp3) is 0.516. The number of nitrogens with two attached hydrogens (primary N) is 1. The van der Waals surface area contributed by atoms with Gasteiger partial charge in [0.25, 0.3) is 0 Å². The topological polar surface area (TPSA) is 158 Å². The van der Waals surface area contributed by atoms with E-state index in [9.17, 15) is 27.9 Å². The fourth-order valence-corrected chi connectivity index (χ4v) is 6.16. The van der Waals surface area contributed by atoms with Gasteiger partial charge in [-0.05, 0) is 75.1 Å². The molecule has 0 aliphatic carbocycles. The van der Waals surface area contributed by atoms with Crippen molar-refractivity contribution in [3.05, 3.63) is 53.3 Å². The van der Waals surface area contributed by atoms with Crippen LogP contribution in [0.2, 0.25) is 0 Å². The Labute approximate surface area is 264 Å². The Morgan fingerprint density at radius 3 is 2.59 bits per heavy atom. The normalized spacial score (nSPS) is 18.5. The monoisotopic (exact) mass is 645 g/mol. The zero-order valence-electron chi connectivity index (χ0n) is 25.7. The molecule has 5 rings (SSSR count). The van der Waals surface area contributed by atoms with Crippen molar-refractivity contribution in [3.63, 3.8) is 0 Å². The van der Waals surface area contributed by atoms with Gasteiger partial charge in [0.1, 0.15) is 11.9 Å². The third-order valence-corrected chi connectivity index (χ3v) is 8.54. The van der Waals surface area contributed by atoms with E-state index in [0.717, 1.165) is 0 Å². The molecule has 4 heterocycles. The summed E-state index contributed by atoms with van der Waals surface area (Å²) in [6, 6.07) is 7.12. The van der Waals surface area contributed by atoms with Crippen LogP contribution in [0.1, 0.15) is 62.0 Å². The van der Waals surface area contributed by atoms with Crippen molar-refractivity contribution in [1.82, 2.24) is 25.1 Å². The molecule has 46 heavy (non-hydrogen) atoms. The molecule has 0 bridgehead atoms. The first-order valence-electron chi connectivity index (χ1n) is 15.3. The van der Waals surface area contributed by atoms with Gasteiger partial charge in [-0.3, -0.25) is 9.59 Å². The summed E-state index contributed by atoms with van der Waals surface area (Å²) in [5, 5.41) is 16.8. The maximum Gasteiger partial charge on any atom is 0.429 e. The van der Waals surface area contributed by atoms with Crippen molar-refractivity contribution in [1.29, 1.82) is 0 Å². The molecule has 2 saturated heterocycles. The van der Waals surface area contributed by atoms with Crippen LogP contribution in [0.4, 0.5) is 24.9 Å². The maximum atomic E-state index is 14.8. The number of ether oxygens (including phenoxy) is 2. The van der Waals surface area contributed by atoms with E-state index in [-0.39, 0.29) is 47.5 Å². The zero-order valence-corrected chi connectivity index (χ0v) is 25.7. The number of rotatable bonds is 11. The smallest absolute Gasteiger partial charge is 0.429 e. The van der Waals surface area contributed by atoms with Gasteiger partial charge >= 0.3 is 18.1 Å². The van der Waals surface area contributed by atoms with Gasteiger partial charge in [0, 0.05) is 43.9 Å². The highest BCUT2D eigenvalue weighted by atomic mass is 19.4. The van der Waals surface area contributed by atoms with Gasteiger partial charge in [0.2, 0.25) is 17.9 Å². The lowest BCUT2D eigenvalue weighted by molar-refractivity contribution is -0.198. The highest BCUT2D eigenvalue weighted by molar-refractivity contribution is 5.74. The predicted molar refractivity (Wildman–Crippen MR) is 162 cm³/mol. The predicted octanol–water partition coefficient (Wildman–Crippen LogP) is 4.15. The summed E-state index contributed by atoms with van der Waals surface area (Å²) < 4.78 is 56.5. The van der Waals surface area contributed by atoms with E-state index >= 15 is 0 Å². The minimum absolute atomic E-state index is 0.139. The lowest BCUT2D eigenvalue weighted by Gasteiger charge is -2.39. The molecule has 1 unspecified atom stereocenters. The van der Waals surface area contributed by atoms with Gasteiger partial charge in [0.15, 0.2) is 0 Å². The Morgan fingerprint density at radius 2 is 1.96 bits per heavy atom. The van der Waals surface area contributed by atoms with Gasteiger partial charge in [-0.15, -0.1) is 0 Å². The van der Waals surface area contributed by atoms with Gasteiger partial charge in [-0.1, -0.05) is 6.07 Å². The highest BCUT2D eigenvalue weighted by Crippen LogP contribution is 2.42. The fourth-order valence-electron chi connectivity index (χ4n) is 6.16. The summed E-state index contributed by atoms with van der Waals surface area (Å²) >= 11 is 0. The molecule has 2 aliphatic rings. The molecule has 2 aliphatic heterocycles. The van der Waals surface area contributed by atoms with Crippen LogP contribution in [-0.2, 0) is 20.7 Å². The number of nitrogen functional groups attached to an aromatic ring is 1. The largest absolute Gasteiger partial charge is 0.480 e. The third-order valence-electron chi connectivity index (χ3n) is 8.54. The third kappa shape index (κ3) is 7.69. The molecule has 1 spiro atoms. The van der Waals surface area contributed by atoms with Crippen molar-refractivity contribution in [2.75, 3.05) is 36.9 Å². The number of halogens is 3. The SMILES string of the molecule is CCOC(=O)CCCc1ccc(-n2ccc(C)n2)c([C@@H](Oc2cc(N3CCC4(CC3)CNC(C(=O)O)C4)nc(N)n2)C(F)(F)F)c1. The summed E-state index contributed by atoms with van der Waals surface area (Å²) in [5.41, 5.74) is 7.01. The van der Waals surface area contributed by atoms with E-state index in [1.807, 2.05) is 4.90 Å². The lowest BCUT2D eigenvalue weighted by atomic mass is 9.76. The summed E-state index contributed by atoms with van der Waals surface area (Å²) in [6.07, 6.45) is -2.94. The maximum absolute atomic E-state index is 14.8. The number of benzene rings is 1. The number of aromatic nitrogens is 4. The van der Waals surface area contributed by atoms with Gasteiger partial charge in [-0.2, -0.15) is 28.2 Å². The number of nitrogens with one attached hydrogen (secondary N) is 1. The van der Waals surface area contributed by atoms with E-state index in [0.29, 0.717) is 68.8 Å². The second kappa shape index (κ2) is 13.5. The number of carboxylic acid groups (broad SMARTS) is 1. The second-order valence-corrected chi connectivity index (χ2v) is 11.9. The average Bonchev–Trinajstić information content (AvgIpc) is 3.62. The van der Waals surface area contributed by atoms with Crippen LogP contribution < -0.4 is 20.7 Å². The molecule has 15 heteroatoms. The number of anilines is 2. The number of carbonyl (C=O) groups excluding carboxylic acids is 1. The van der Waals surface area contributed by atoms with Crippen molar-refractivity contribution in [3.8, 4) is 11.6 Å². The molecule has 3 aromatic rings. The summed E-state index contributed by atoms with van der Waals surface area (Å²) in [6.45, 7) is 5.32. The van der Waals surface area contributed by atoms with Crippen molar-refractivity contribution in [2.45, 2.75) is 70.7 Å². The van der Waals surface area contributed by atoms with Crippen LogP contribution >= 0.6 is 0 Å². The molecule has 248 valence electrons. The molecule has 0 amide bonds. The number of aliphatic carboxylic acids is 1. The molecule has 2 atom stereocenters. The summed E-state index contributed by atoms with van der Waals surface area (Å²) in [7, 11) is 0. The quantitative estimate of drug-likeness (QED) is 0.257. The standard InChI is InChI=1S/C31H38F3N7O5/c1-3-45-26(42)6-4-5-20-7-8-23(41-12-9-19(2)39-41)21(15-20)27(31(32,33)34)46-25-16-24(37-29(35)38-25)40-13-10-30(11-14-40)17-22(28(43)44)36-18-30/h7-9,12,15-16,22,27,36H,3-6,10-11,13-14,17-18H2,1-2H3,(H,43,44)(H2,35,37,38)/t22?,27-/m1/s1. The van der Waals surface area contributed by atoms with Crippen LogP contribution in [0.25, 0.3) is 5.69 Å². The minimum Gasteiger partial charge on any atom is -0.480 e. The molecule has 1 aromatic carbocycles. The molecule has 0 radical (unpaired) electrons. The molecular weight excluding hydrogens is 607 g/mol. The Hall–Kier alpha value is -4.40. The first kappa shape index (κ1) is 33.0. The first-order valence-corrected chi connectivity index (χ1v) is 15.3. The van der Waals surface area contributed by atoms with Crippen LogP contribution in [0.15, 0.2) is 36.5 Å². The molecule has 4 N–H and O–H groups in total. The van der Waals surface area contributed by atoms with Crippen LogP contribution in [0, 0.1) is 12.3 Å². The first-order chi connectivity index (χ1) is 21.9. The number of esters is 1. The number of alkyl halides is 3. The Kier molecular flexibility index (Phi) is 9.70. The Balaban J connectivity index is 1.40. The van der Waals surface area contributed by atoms with Crippen LogP contribution in [0.3, 0.4) is 0 Å². The van der Waals surface area contributed by atoms with Gasteiger partial charge in [0.05, 0.1) is 18.0 Å². The van der Waals surface area contributed by atoms with Crippen molar-refractivity contribution in [2.24, 2.45) is 5.41 Å². The zero-order chi connectivity index (χ0) is 33.1. The number of carbonyl (C=O) groups is 2. The van der Waals surface area contributed by atoms with Crippen LogP contribution in [-0.4, -0.2) is 75.3 Å². The number of carboxylic acids is 1. The van der Waals surface area contributed by atoms with E-state index in [4.69, 9.17) is 15.2 Å². The highest BCUT2D eigenvalue weighted by Gasteiger charge is 2.46. The molecule has 12 nitrogen and oxygen atoms in total. The Morgan fingerprint density at radius 1 is 1.20 bits per heavy atom. The van der Waals surface area contributed by atoms with E-state index in [1.165, 1.54) is 16.8 Å². The second-order valence-electron chi connectivity index (χ2n) is 11.9. The number of aryl methyl sites for hydroxylation is 2. The molecule has 2 aromatic heterocycles. The van der Waals surface area contributed by atoms with Crippen molar-refractivity contribution < 1.29 is 37.3 Å². The van der Waals surface area contributed by atoms with E-state index in [2.05, 4.69) is 20.4 Å². The Bertz CT molecular complexity index is 1560. The van der Waals surface area contributed by atoms with Crippen LogP contribution in [0.5, 0.6) is 5.88 Å². The number of piperidine rings is 1. The number of hydrogen-bond acceptors (Lipinski definition) is 10.